The van der Waals surface area contributed by atoms with E-state index in [0.717, 1.165) is 47.8 Å². The van der Waals surface area contributed by atoms with Gasteiger partial charge in [-0.3, -0.25) is 4.98 Å². The number of aromatic nitrogens is 3. The van der Waals surface area contributed by atoms with E-state index in [1.807, 2.05) is 18.5 Å². The zero-order valence-electron chi connectivity index (χ0n) is 12.6. The summed E-state index contributed by atoms with van der Waals surface area (Å²) in [5.41, 5.74) is 2.15. The third-order valence-corrected chi connectivity index (χ3v) is 4.50. The zero-order valence-corrected chi connectivity index (χ0v) is 12.6. The molecule has 22 heavy (non-hydrogen) atoms. The Morgan fingerprint density at radius 2 is 1.91 bits per heavy atom. The second-order valence-corrected chi connectivity index (χ2v) is 5.98. The Morgan fingerprint density at radius 3 is 2.82 bits per heavy atom. The molecular weight excluding hydrogens is 272 g/mol. The summed E-state index contributed by atoms with van der Waals surface area (Å²) in [4.78, 5) is 9.17. The Hall–Kier alpha value is -2.20. The van der Waals surface area contributed by atoms with Crippen LogP contribution in [0.2, 0.25) is 0 Å². The smallest absolute Gasteiger partial charge is 0.142 e. The second-order valence-electron chi connectivity index (χ2n) is 5.98. The van der Waals surface area contributed by atoms with Crippen LogP contribution in [0.15, 0.2) is 48.9 Å². The van der Waals surface area contributed by atoms with Gasteiger partial charge >= 0.3 is 0 Å². The molecule has 3 aromatic rings. The topological polar surface area (TPSA) is 42.7 Å². The first-order valence-electron chi connectivity index (χ1n) is 7.98. The van der Waals surface area contributed by atoms with E-state index in [1.54, 1.807) is 0 Å². The highest BCUT2D eigenvalue weighted by atomic mass is 15.1. The van der Waals surface area contributed by atoms with Crippen LogP contribution in [-0.2, 0) is 6.54 Å². The van der Waals surface area contributed by atoms with E-state index in [1.165, 1.54) is 12.8 Å². The average molecular weight is 292 g/mol. The summed E-state index contributed by atoms with van der Waals surface area (Å²) < 4.78 is 2.29. The minimum absolute atomic E-state index is 0.733. The normalized spacial score (nSPS) is 16.2. The van der Waals surface area contributed by atoms with Crippen molar-refractivity contribution in [3.63, 3.8) is 0 Å². The van der Waals surface area contributed by atoms with E-state index >= 15 is 0 Å². The molecular formula is C18H20N4. The van der Waals surface area contributed by atoms with E-state index in [0.29, 0.717) is 0 Å². The summed E-state index contributed by atoms with van der Waals surface area (Å²) in [7, 11) is 0. The molecule has 4 nitrogen and oxygen atoms in total. The molecule has 0 unspecified atom stereocenters. The number of piperidine rings is 1. The number of benzene rings is 1. The molecule has 0 atom stereocenters. The van der Waals surface area contributed by atoms with E-state index in [2.05, 4.69) is 50.3 Å². The number of rotatable bonds is 3. The quantitative estimate of drug-likeness (QED) is 0.806. The first-order chi connectivity index (χ1) is 10.9. The number of hydrogen-bond acceptors (Lipinski definition) is 3. The van der Waals surface area contributed by atoms with E-state index in [9.17, 15) is 0 Å². The number of nitrogens with zero attached hydrogens (tertiary/aromatic N) is 3. The van der Waals surface area contributed by atoms with Crippen molar-refractivity contribution in [1.82, 2.24) is 19.9 Å². The standard InChI is InChI=1S/C18H20N4/c1-3-15-4-2-8-20-17(15)16(5-1)18-21-11-12-22(18)13-14-6-9-19-10-7-14/h1-5,8,11-12,14,19H,6-7,9-10,13H2. The van der Waals surface area contributed by atoms with Gasteiger partial charge in [0.15, 0.2) is 0 Å². The van der Waals surface area contributed by atoms with Crippen molar-refractivity contribution in [2.45, 2.75) is 19.4 Å². The minimum Gasteiger partial charge on any atom is -0.331 e. The SMILES string of the molecule is c1cnc2c(-c3nccn3CC3CCNCC3)cccc2c1. The molecule has 1 aliphatic heterocycles. The zero-order chi connectivity index (χ0) is 14.8. The average Bonchev–Trinajstić information content (AvgIpc) is 3.03. The van der Waals surface area contributed by atoms with E-state index in [4.69, 9.17) is 0 Å². The lowest BCUT2D eigenvalue weighted by Crippen LogP contribution is -2.29. The summed E-state index contributed by atoms with van der Waals surface area (Å²) in [6.45, 7) is 3.30. The minimum atomic E-state index is 0.733. The molecule has 0 spiro atoms. The van der Waals surface area contributed by atoms with Gasteiger partial charge in [-0.15, -0.1) is 0 Å². The van der Waals surface area contributed by atoms with E-state index in [-0.39, 0.29) is 0 Å². The number of para-hydroxylation sites is 1. The molecule has 0 saturated carbocycles. The Bertz CT molecular complexity index is 766. The maximum absolute atomic E-state index is 4.61. The summed E-state index contributed by atoms with van der Waals surface area (Å²) in [6, 6.07) is 10.4. The first-order valence-corrected chi connectivity index (χ1v) is 7.98. The van der Waals surface area contributed by atoms with Crippen LogP contribution in [-0.4, -0.2) is 27.6 Å². The summed E-state index contributed by atoms with van der Waals surface area (Å²) >= 11 is 0. The summed E-state index contributed by atoms with van der Waals surface area (Å²) in [5, 5.41) is 4.59. The third-order valence-electron chi connectivity index (χ3n) is 4.50. The van der Waals surface area contributed by atoms with Crippen LogP contribution in [0, 0.1) is 5.92 Å². The highest BCUT2D eigenvalue weighted by Gasteiger charge is 2.16. The van der Waals surface area contributed by atoms with Gasteiger partial charge in [0.1, 0.15) is 5.82 Å². The lowest BCUT2D eigenvalue weighted by Gasteiger charge is -2.23. The van der Waals surface area contributed by atoms with Crippen molar-refractivity contribution in [2.75, 3.05) is 13.1 Å². The molecule has 3 heterocycles. The molecule has 1 N–H and O–H groups in total. The lowest BCUT2D eigenvalue weighted by atomic mass is 9.98. The van der Waals surface area contributed by atoms with Crippen molar-refractivity contribution in [3.8, 4) is 11.4 Å². The van der Waals surface area contributed by atoms with Crippen molar-refractivity contribution in [3.05, 3.63) is 48.9 Å². The Kier molecular flexibility index (Phi) is 3.60. The number of imidazole rings is 1. The van der Waals surface area contributed by atoms with Gasteiger partial charge in [0, 0.05) is 36.1 Å². The van der Waals surface area contributed by atoms with Gasteiger partial charge in [-0.25, -0.2) is 4.98 Å². The molecule has 4 rings (SSSR count). The van der Waals surface area contributed by atoms with Gasteiger partial charge in [-0.2, -0.15) is 0 Å². The maximum atomic E-state index is 4.61. The number of fused-ring (bicyclic) bond motifs is 1. The van der Waals surface area contributed by atoms with Gasteiger partial charge in [0.25, 0.3) is 0 Å². The van der Waals surface area contributed by atoms with Gasteiger partial charge in [-0.1, -0.05) is 18.2 Å². The monoisotopic (exact) mass is 292 g/mol. The Morgan fingerprint density at radius 1 is 1.05 bits per heavy atom. The van der Waals surface area contributed by atoms with Gasteiger partial charge in [0.2, 0.25) is 0 Å². The number of hydrogen-bond donors (Lipinski definition) is 1. The fourth-order valence-electron chi connectivity index (χ4n) is 3.33. The fourth-order valence-corrected chi connectivity index (χ4v) is 3.33. The van der Waals surface area contributed by atoms with Gasteiger partial charge in [0.05, 0.1) is 5.52 Å². The molecule has 1 aromatic carbocycles. The Labute approximate surface area is 130 Å². The highest BCUT2D eigenvalue weighted by molar-refractivity contribution is 5.91. The van der Waals surface area contributed by atoms with Crippen LogP contribution in [0.25, 0.3) is 22.3 Å². The van der Waals surface area contributed by atoms with Crippen LogP contribution in [0.5, 0.6) is 0 Å². The van der Waals surface area contributed by atoms with Crippen molar-refractivity contribution < 1.29 is 0 Å². The van der Waals surface area contributed by atoms with Gasteiger partial charge < -0.3 is 9.88 Å². The van der Waals surface area contributed by atoms with Crippen molar-refractivity contribution in [2.24, 2.45) is 5.92 Å². The van der Waals surface area contributed by atoms with Crippen LogP contribution in [0.3, 0.4) is 0 Å². The predicted molar refractivity (Wildman–Crippen MR) is 88.6 cm³/mol. The second kappa shape index (κ2) is 5.89. The summed E-state index contributed by atoms with van der Waals surface area (Å²) in [6.07, 6.45) is 8.33. The van der Waals surface area contributed by atoms with Crippen LogP contribution >= 0.6 is 0 Å². The maximum Gasteiger partial charge on any atom is 0.142 e. The molecule has 0 aliphatic carbocycles. The molecule has 2 aromatic heterocycles. The predicted octanol–water partition coefficient (Wildman–Crippen LogP) is 3.10. The molecule has 0 bridgehead atoms. The van der Waals surface area contributed by atoms with Crippen LogP contribution in [0.4, 0.5) is 0 Å². The van der Waals surface area contributed by atoms with Crippen LogP contribution < -0.4 is 5.32 Å². The molecule has 0 amide bonds. The molecule has 0 radical (unpaired) electrons. The molecule has 4 heteroatoms. The third kappa shape index (κ3) is 2.50. The van der Waals surface area contributed by atoms with Crippen LogP contribution in [0.1, 0.15) is 12.8 Å². The van der Waals surface area contributed by atoms with Gasteiger partial charge in [-0.05, 0) is 44.0 Å². The number of pyridine rings is 1. The number of nitrogens with one attached hydrogen (secondary N) is 1. The van der Waals surface area contributed by atoms with Crippen molar-refractivity contribution in [1.29, 1.82) is 0 Å². The molecule has 1 fully saturated rings. The van der Waals surface area contributed by atoms with Crippen molar-refractivity contribution >= 4 is 10.9 Å². The van der Waals surface area contributed by atoms with E-state index < -0.39 is 0 Å². The highest BCUT2D eigenvalue weighted by Crippen LogP contribution is 2.27. The fraction of sp³-hybridized carbons (Fsp3) is 0.333. The lowest BCUT2D eigenvalue weighted by molar-refractivity contribution is 0.334. The molecule has 112 valence electrons. The molecule has 1 saturated heterocycles. The summed E-state index contributed by atoms with van der Waals surface area (Å²) in [5.74, 6) is 1.76. The Balaban J connectivity index is 1.71. The largest absolute Gasteiger partial charge is 0.331 e. The molecule has 1 aliphatic rings. The first kappa shape index (κ1) is 13.5.